The molecule has 0 spiro atoms. The Morgan fingerprint density at radius 3 is 0.806 bits per heavy atom. The maximum absolute atomic E-state index is 12.4. The molecule has 0 saturated heterocycles. The summed E-state index contributed by atoms with van der Waals surface area (Å²) in [7, 11) is 6.47. The summed E-state index contributed by atoms with van der Waals surface area (Å²) < 4.78 is 21.4. The molecule has 0 atom stereocenters. The van der Waals surface area contributed by atoms with Gasteiger partial charge in [0.05, 0.1) is 49.4 Å². The van der Waals surface area contributed by atoms with Crippen LogP contribution >= 0.6 is 0 Å². The molecule has 0 amide bonds. The van der Waals surface area contributed by atoms with E-state index in [0.29, 0.717) is 0 Å². The van der Waals surface area contributed by atoms with Gasteiger partial charge in [-0.1, -0.05) is 36.4 Å². The predicted molar refractivity (Wildman–Crippen MR) is 246 cm³/mol. The van der Waals surface area contributed by atoms with E-state index >= 15 is 0 Å². The van der Waals surface area contributed by atoms with Crippen LogP contribution in [0.5, 0.6) is 23.0 Å². The van der Waals surface area contributed by atoms with E-state index in [1.54, 1.807) is 40.6 Å². The average molecular weight is 827 g/mol. The Bertz CT molecular complexity index is 2410. The average Bonchev–Trinajstić information content (AvgIpc) is 3.32. The SMILES string of the molecule is COc1ccc(N(c2ccc(C=Cc3cc([N+](=O)[O-])c(C=Cc4ccc(N(c5ccc(OC)cc5)c5ccc(OC)cc5)cc4)cc3[N+](=O)[O-])cc2)c2ccc(OC)cc2)cc1. The Hall–Kier alpha value is -8.38. The van der Waals surface area contributed by atoms with E-state index in [0.717, 1.165) is 68.2 Å². The second kappa shape index (κ2) is 19.1. The van der Waals surface area contributed by atoms with Crippen LogP contribution < -0.4 is 28.7 Å². The zero-order valence-corrected chi connectivity index (χ0v) is 34.4. The predicted octanol–water partition coefficient (Wildman–Crippen LogP) is 12.8. The largest absolute Gasteiger partial charge is 0.497 e. The smallest absolute Gasteiger partial charge is 0.277 e. The Balaban J connectivity index is 1.14. The molecule has 7 aromatic rings. The molecule has 0 aliphatic heterocycles. The van der Waals surface area contributed by atoms with Gasteiger partial charge in [-0.15, -0.1) is 0 Å². The minimum absolute atomic E-state index is 0.0996. The fraction of sp³-hybridized carbons (Fsp3) is 0.0800. The molecule has 7 aromatic carbocycles. The first kappa shape index (κ1) is 41.8. The molecule has 0 fully saturated rings. The maximum Gasteiger partial charge on any atom is 0.277 e. The number of ether oxygens (including phenoxy) is 4. The topological polar surface area (TPSA) is 130 Å². The highest BCUT2D eigenvalue weighted by Crippen LogP contribution is 2.39. The molecular formula is C50H42N4O8. The summed E-state index contributed by atoms with van der Waals surface area (Å²) >= 11 is 0. The molecule has 12 heteroatoms. The Kier molecular flexibility index (Phi) is 12.9. The molecule has 0 aromatic heterocycles. The minimum atomic E-state index is -0.535. The van der Waals surface area contributed by atoms with Gasteiger partial charge in [0.1, 0.15) is 23.0 Å². The fourth-order valence-electron chi connectivity index (χ4n) is 6.85. The van der Waals surface area contributed by atoms with E-state index in [-0.39, 0.29) is 22.5 Å². The van der Waals surface area contributed by atoms with Gasteiger partial charge in [0.2, 0.25) is 0 Å². The first-order valence-electron chi connectivity index (χ1n) is 19.4. The monoisotopic (exact) mass is 826 g/mol. The lowest BCUT2D eigenvalue weighted by atomic mass is 10.0. The molecule has 7 rings (SSSR count). The summed E-state index contributed by atoms with van der Waals surface area (Å²) in [6, 6.07) is 48.5. The van der Waals surface area contributed by atoms with Crippen molar-refractivity contribution >= 4 is 69.8 Å². The van der Waals surface area contributed by atoms with Crippen LogP contribution in [0.3, 0.4) is 0 Å². The van der Waals surface area contributed by atoms with Gasteiger partial charge in [0.15, 0.2) is 0 Å². The van der Waals surface area contributed by atoms with Crippen molar-refractivity contribution in [1.82, 2.24) is 0 Å². The van der Waals surface area contributed by atoms with Crippen LogP contribution in [-0.4, -0.2) is 38.3 Å². The molecule has 62 heavy (non-hydrogen) atoms. The molecule has 12 nitrogen and oxygen atoms in total. The highest BCUT2D eigenvalue weighted by Gasteiger charge is 2.22. The lowest BCUT2D eigenvalue weighted by molar-refractivity contribution is -0.389. The van der Waals surface area contributed by atoms with Crippen LogP contribution in [0, 0.1) is 20.2 Å². The van der Waals surface area contributed by atoms with Gasteiger partial charge < -0.3 is 28.7 Å². The number of hydrogen-bond acceptors (Lipinski definition) is 10. The number of nitro groups is 2. The van der Waals surface area contributed by atoms with Crippen LogP contribution in [0.1, 0.15) is 22.3 Å². The second-order valence-corrected chi connectivity index (χ2v) is 13.8. The van der Waals surface area contributed by atoms with Crippen molar-refractivity contribution < 1.29 is 28.8 Å². The number of methoxy groups -OCH3 is 4. The number of rotatable bonds is 16. The molecule has 0 N–H and O–H groups in total. The molecule has 310 valence electrons. The van der Waals surface area contributed by atoms with Crippen LogP contribution in [0.4, 0.5) is 45.5 Å². The molecule has 0 heterocycles. The quantitative estimate of drug-likeness (QED) is 0.0527. The molecule has 0 bridgehead atoms. The first-order chi connectivity index (χ1) is 30.2. The van der Waals surface area contributed by atoms with Gasteiger partial charge in [-0.25, -0.2) is 0 Å². The van der Waals surface area contributed by atoms with Crippen molar-refractivity contribution in [2.24, 2.45) is 0 Å². The molecule has 0 aliphatic rings. The van der Waals surface area contributed by atoms with E-state index < -0.39 is 9.85 Å². The third-order valence-corrected chi connectivity index (χ3v) is 10.1. The molecule has 0 unspecified atom stereocenters. The zero-order valence-electron chi connectivity index (χ0n) is 34.4. The van der Waals surface area contributed by atoms with E-state index in [9.17, 15) is 20.2 Å². The van der Waals surface area contributed by atoms with Crippen molar-refractivity contribution in [1.29, 1.82) is 0 Å². The van der Waals surface area contributed by atoms with Crippen molar-refractivity contribution in [2.45, 2.75) is 0 Å². The Morgan fingerprint density at radius 2 is 0.597 bits per heavy atom. The standard InChI is InChI=1S/C50H42N4O8/c1-59-45-25-17-41(18-26-45)51(42-19-27-46(60-2)28-20-42)39-13-7-35(8-14-39)5-11-37-33-50(54(57)58)38(34-49(37)53(55)56)12-6-36-9-15-40(16-10-36)52(43-21-29-47(61-3)30-22-43)44-23-31-48(62-4)32-24-44/h5-34H,1-4H3. The van der Waals surface area contributed by atoms with Crippen molar-refractivity contribution in [3.8, 4) is 23.0 Å². The number of hydrogen-bond donors (Lipinski definition) is 0. The number of anilines is 6. The Labute approximate surface area is 359 Å². The van der Waals surface area contributed by atoms with Crippen LogP contribution in [-0.2, 0) is 0 Å². The second-order valence-electron chi connectivity index (χ2n) is 13.8. The van der Waals surface area contributed by atoms with E-state index in [2.05, 4.69) is 9.80 Å². The third kappa shape index (κ3) is 9.56. The summed E-state index contributed by atoms with van der Waals surface area (Å²) in [5, 5.41) is 24.7. The van der Waals surface area contributed by atoms with Crippen molar-refractivity contribution in [3.63, 3.8) is 0 Å². The number of nitro benzene ring substituents is 2. The number of benzene rings is 7. The maximum atomic E-state index is 12.4. The Morgan fingerprint density at radius 1 is 0.371 bits per heavy atom. The van der Waals surface area contributed by atoms with Gasteiger partial charge in [0, 0.05) is 46.3 Å². The highest BCUT2D eigenvalue weighted by atomic mass is 16.6. The van der Waals surface area contributed by atoms with Gasteiger partial charge in [0.25, 0.3) is 11.4 Å². The summed E-state index contributed by atoms with van der Waals surface area (Å²) in [5.74, 6) is 2.92. The molecule has 0 aliphatic carbocycles. The van der Waals surface area contributed by atoms with Gasteiger partial charge in [-0.2, -0.15) is 0 Å². The van der Waals surface area contributed by atoms with Crippen LogP contribution in [0.15, 0.2) is 158 Å². The van der Waals surface area contributed by atoms with Crippen molar-refractivity contribution in [2.75, 3.05) is 38.2 Å². The lowest BCUT2D eigenvalue weighted by Crippen LogP contribution is -2.09. The molecule has 0 radical (unpaired) electrons. The number of nitrogens with zero attached hydrogens (tertiary/aromatic N) is 4. The third-order valence-electron chi connectivity index (χ3n) is 10.1. The minimum Gasteiger partial charge on any atom is -0.497 e. The fourth-order valence-corrected chi connectivity index (χ4v) is 6.85. The van der Waals surface area contributed by atoms with Gasteiger partial charge in [-0.3, -0.25) is 20.2 Å². The molecule has 0 saturated carbocycles. The summed E-state index contributed by atoms with van der Waals surface area (Å²) in [6.45, 7) is 0. The van der Waals surface area contributed by atoms with E-state index in [1.807, 2.05) is 146 Å². The van der Waals surface area contributed by atoms with Crippen LogP contribution in [0.25, 0.3) is 24.3 Å². The molecular weight excluding hydrogens is 785 g/mol. The first-order valence-corrected chi connectivity index (χ1v) is 19.4. The van der Waals surface area contributed by atoms with Crippen LogP contribution in [0.2, 0.25) is 0 Å². The van der Waals surface area contributed by atoms with E-state index in [1.165, 1.54) is 24.3 Å². The van der Waals surface area contributed by atoms with Crippen molar-refractivity contribution in [3.05, 3.63) is 200 Å². The summed E-state index contributed by atoms with van der Waals surface area (Å²) in [4.78, 5) is 27.8. The van der Waals surface area contributed by atoms with Gasteiger partial charge >= 0.3 is 0 Å². The van der Waals surface area contributed by atoms with E-state index in [4.69, 9.17) is 18.9 Å². The lowest BCUT2D eigenvalue weighted by Gasteiger charge is -2.26. The van der Waals surface area contributed by atoms with Gasteiger partial charge in [-0.05, 0) is 145 Å². The highest BCUT2D eigenvalue weighted by molar-refractivity contribution is 5.84. The normalized spacial score (nSPS) is 11.0. The summed E-state index contributed by atoms with van der Waals surface area (Å²) in [5.41, 5.74) is 6.45. The summed E-state index contributed by atoms with van der Waals surface area (Å²) in [6.07, 6.45) is 6.43. The zero-order chi connectivity index (χ0) is 43.6.